The minimum atomic E-state index is 0.597. The second kappa shape index (κ2) is 5.00. The minimum Gasteiger partial charge on any atom is -0.491 e. The van der Waals surface area contributed by atoms with Crippen molar-refractivity contribution in [2.45, 2.75) is 13.5 Å². The largest absolute Gasteiger partial charge is 0.491 e. The van der Waals surface area contributed by atoms with Gasteiger partial charge < -0.3 is 9.64 Å². The topological polar surface area (TPSA) is 47.4 Å². The molecule has 0 saturated carbocycles. The predicted molar refractivity (Wildman–Crippen MR) is 76.3 cm³/mol. The molecule has 1 aromatic heterocycles. The third-order valence-corrected chi connectivity index (χ3v) is 3.61. The zero-order valence-corrected chi connectivity index (χ0v) is 11.7. The van der Waals surface area contributed by atoms with Gasteiger partial charge in [0.2, 0.25) is 0 Å². The smallest absolute Gasteiger partial charge is 0.155 e. The number of carbonyl (C=O) groups excluding carboxylic acids is 1. The Hall–Kier alpha value is -2.30. The van der Waals surface area contributed by atoms with Crippen molar-refractivity contribution in [3.05, 3.63) is 41.1 Å². The summed E-state index contributed by atoms with van der Waals surface area (Å²) >= 11 is 0. The third kappa shape index (κ3) is 2.05. The van der Waals surface area contributed by atoms with Gasteiger partial charge in [-0.15, -0.1) is 0 Å². The Morgan fingerprint density at radius 3 is 2.95 bits per heavy atom. The standard InChI is InChI=1S/C15H17N3O2/c1-11-13(10-19)15(17(2)16-11)18-7-8-20-14-6-4-3-5-12(14)9-18/h3-6,10H,7-9H2,1-2H3. The molecule has 5 heteroatoms. The molecule has 1 aliphatic heterocycles. The minimum absolute atomic E-state index is 0.597. The van der Waals surface area contributed by atoms with Crippen molar-refractivity contribution >= 4 is 12.1 Å². The first-order chi connectivity index (χ1) is 9.70. The van der Waals surface area contributed by atoms with Crippen molar-refractivity contribution in [1.82, 2.24) is 9.78 Å². The summed E-state index contributed by atoms with van der Waals surface area (Å²) in [6.45, 7) is 3.90. The number of ether oxygens (including phenoxy) is 1. The number of aromatic nitrogens is 2. The Kier molecular flexibility index (Phi) is 3.18. The van der Waals surface area contributed by atoms with Crippen LogP contribution in [0.5, 0.6) is 5.75 Å². The number of hydrogen-bond acceptors (Lipinski definition) is 4. The normalized spacial score (nSPS) is 14.4. The maximum absolute atomic E-state index is 11.3. The Bertz CT molecular complexity index is 649. The predicted octanol–water partition coefficient (Wildman–Crippen LogP) is 1.94. The van der Waals surface area contributed by atoms with Crippen LogP contribution in [0.2, 0.25) is 0 Å². The third-order valence-electron chi connectivity index (χ3n) is 3.61. The van der Waals surface area contributed by atoms with Crippen LogP contribution in [-0.2, 0) is 13.6 Å². The molecule has 1 aliphatic rings. The lowest BCUT2D eigenvalue weighted by molar-refractivity contribution is 0.112. The van der Waals surface area contributed by atoms with Gasteiger partial charge in [-0.1, -0.05) is 18.2 Å². The van der Waals surface area contributed by atoms with E-state index in [-0.39, 0.29) is 0 Å². The zero-order chi connectivity index (χ0) is 14.1. The number of benzene rings is 1. The summed E-state index contributed by atoms with van der Waals surface area (Å²) in [5.74, 6) is 1.78. The molecule has 2 heterocycles. The van der Waals surface area contributed by atoms with Gasteiger partial charge in [0.1, 0.15) is 18.2 Å². The number of carbonyl (C=O) groups is 1. The summed E-state index contributed by atoms with van der Waals surface area (Å²) in [5, 5.41) is 4.35. The summed E-state index contributed by atoms with van der Waals surface area (Å²) in [4.78, 5) is 13.5. The molecule has 0 N–H and O–H groups in total. The summed E-state index contributed by atoms with van der Waals surface area (Å²) in [6.07, 6.45) is 0.884. The second-order valence-electron chi connectivity index (χ2n) is 4.94. The van der Waals surface area contributed by atoms with E-state index in [9.17, 15) is 4.79 Å². The van der Waals surface area contributed by atoms with Crippen molar-refractivity contribution in [2.75, 3.05) is 18.1 Å². The summed E-state index contributed by atoms with van der Waals surface area (Å²) in [5.41, 5.74) is 2.54. The lowest BCUT2D eigenvalue weighted by Crippen LogP contribution is -2.28. The molecule has 3 rings (SSSR count). The highest BCUT2D eigenvalue weighted by atomic mass is 16.5. The molecule has 0 amide bonds. The van der Waals surface area contributed by atoms with Crippen LogP contribution in [0.3, 0.4) is 0 Å². The lowest BCUT2D eigenvalue weighted by atomic mass is 10.2. The molecule has 104 valence electrons. The van der Waals surface area contributed by atoms with Crippen LogP contribution in [0.1, 0.15) is 21.6 Å². The average molecular weight is 271 g/mol. The van der Waals surface area contributed by atoms with Crippen LogP contribution < -0.4 is 9.64 Å². The number of fused-ring (bicyclic) bond motifs is 1. The first-order valence-electron chi connectivity index (χ1n) is 6.65. The molecule has 0 fully saturated rings. The maximum atomic E-state index is 11.3. The SMILES string of the molecule is Cc1nn(C)c(N2CCOc3ccccc3C2)c1C=O. The first-order valence-corrected chi connectivity index (χ1v) is 6.65. The number of anilines is 1. The van der Waals surface area contributed by atoms with Crippen LogP contribution in [0.15, 0.2) is 24.3 Å². The van der Waals surface area contributed by atoms with Gasteiger partial charge in [0.05, 0.1) is 17.8 Å². The van der Waals surface area contributed by atoms with E-state index in [1.807, 2.05) is 32.2 Å². The number of aryl methyl sites for hydroxylation is 2. The van der Waals surface area contributed by atoms with E-state index in [4.69, 9.17) is 4.74 Å². The van der Waals surface area contributed by atoms with Crippen molar-refractivity contribution in [1.29, 1.82) is 0 Å². The van der Waals surface area contributed by atoms with Crippen LogP contribution >= 0.6 is 0 Å². The van der Waals surface area contributed by atoms with Gasteiger partial charge in [-0.2, -0.15) is 5.10 Å². The molecule has 2 aromatic rings. The highest BCUT2D eigenvalue weighted by Gasteiger charge is 2.22. The zero-order valence-electron chi connectivity index (χ0n) is 11.7. The average Bonchev–Trinajstić information content (AvgIpc) is 2.62. The molecule has 0 atom stereocenters. The molecule has 20 heavy (non-hydrogen) atoms. The Morgan fingerprint density at radius 2 is 2.15 bits per heavy atom. The molecule has 0 unspecified atom stereocenters. The molecular weight excluding hydrogens is 254 g/mol. The van der Waals surface area contributed by atoms with E-state index in [1.54, 1.807) is 4.68 Å². The van der Waals surface area contributed by atoms with Crippen molar-refractivity contribution in [2.24, 2.45) is 7.05 Å². The van der Waals surface area contributed by atoms with Crippen LogP contribution in [0.25, 0.3) is 0 Å². The van der Waals surface area contributed by atoms with Crippen LogP contribution in [-0.4, -0.2) is 29.2 Å². The molecular formula is C15H17N3O2. The maximum Gasteiger partial charge on any atom is 0.155 e. The summed E-state index contributed by atoms with van der Waals surface area (Å²) < 4.78 is 7.53. The van der Waals surface area contributed by atoms with E-state index in [0.717, 1.165) is 42.2 Å². The Balaban J connectivity index is 2.02. The number of para-hydroxylation sites is 1. The van der Waals surface area contributed by atoms with Crippen LogP contribution in [0.4, 0.5) is 5.82 Å². The molecule has 0 spiro atoms. The lowest BCUT2D eigenvalue weighted by Gasteiger charge is -2.22. The van der Waals surface area contributed by atoms with E-state index >= 15 is 0 Å². The van der Waals surface area contributed by atoms with Crippen molar-refractivity contribution in [3.63, 3.8) is 0 Å². The monoisotopic (exact) mass is 271 g/mol. The van der Waals surface area contributed by atoms with E-state index in [1.165, 1.54) is 0 Å². The van der Waals surface area contributed by atoms with Gasteiger partial charge in [0.25, 0.3) is 0 Å². The van der Waals surface area contributed by atoms with E-state index < -0.39 is 0 Å². The number of hydrogen-bond donors (Lipinski definition) is 0. The Morgan fingerprint density at radius 1 is 1.35 bits per heavy atom. The van der Waals surface area contributed by atoms with Gasteiger partial charge in [-0.05, 0) is 13.0 Å². The first kappa shape index (κ1) is 12.7. The molecule has 1 aromatic carbocycles. The molecule has 5 nitrogen and oxygen atoms in total. The van der Waals surface area contributed by atoms with Gasteiger partial charge in [-0.25, -0.2) is 0 Å². The Labute approximate surface area is 117 Å². The fraction of sp³-hybridized carbons (Fsp3) is 0.333. The fourth-order valence-corrected chi connectivity index (χ4v) is 2.68. The number of nitrogens with zero attached hydrogens (tertiary/aromatic N) is 3. The number of aldehydes is 1. The molecule has 0 saturated heterocycles. The highest BCUT2D eigenvalue weighted by molar-refractivity contribution is 5.84. The van der Waals surface area contributed by atoms with Crippen LogP contribution in [0, 0.1) is 6.92 Å². The molecule has 0 radical (unpaired) electrons. The van der Waals surface area contributed by atoms with Crippen molar-refractivity contribution in [3.8, 4) is 5.75 Å². The summed E-state index contributed by atoms with van der Waals surface area (Å²) in [7, 11) is 1.87. The molecule has 0 bridgehead atoms. The highest BCUT2D eigenvalue weighted by Crippen LogP contribution is 2.28. The van der Waals surface area contributed by atoms with Gasteiger partial charge >= 0.3 is 0 Å². The summed E-state index contributed by atoms with van der Waals surface area (Å²) in [6, 6.07) is 8.01. The van der Waals surface area contributed by atoms with Crippen molar-refractivity contribution < 1.29 is 9.53 Å². The van der Waals surface area contributed by atoms with Gasteiger partial charge in [-0.3, -0.25) is 9.48 Å². The number of rotatable bonds is 2. The molecule has 0 aliphatic carbocycles. The van der Waals surface area contributed by atoms with Gasteiger partial charge in [0.15, 0.2) is 6.29 Å². The quantitative estimate of drug-likeness (QED) is 0.783. The van der Waals surface area contributed by atoms with E-state index in [0.29, 0.717) is 12.2 Å². The van der Waals surface area contributed by atoms with Gasteiger partial charge in [0, 0.05) is 19.2 Å². The van der Waals surface area contributed by atoms with E-state index in [2.05, 4.69) is 16.1 Å². The fourth-order valence-electron chi connectivity index (χ4n) is 2.68. The second-order valence-corrected chi connectivity index (χ2v) is 4.94.